The lowest BCUT2D eigenvalue weighted by Gasteiger charge is -2.38. The first-order chi connectivity index (χ1) is 8.85. The highest BCUT2D eigenvalue weighted by Gasteiger charge is 2.33. The van der Waals surface area contributed by atoms with Gasteiger partial charge in [-0.15, -0.1) is 0 Å². The number of hydrogen-bond donors (Lipinski definition) is 2. The van der Waals surface area contributed by atoms with Gasteiger partial charge in [-0.25, -0.2) is 0 Å². The molecule has 6 nitrogen and oxygen atoms in total. The molecule has 0 aromatic heterocycles. The molecule has 2 rings (SSSR count). The number of hydrogen-bond acceptors (Lipinski definition) is 4. The van der Waals surface area contributed by atoms with Crippen molar-refractivity contribution in [3.05, 3.63) is 0 Å². The van der Waals surface area contributed by atoms with Crippen LogP contribution in [-0.2, 0) is 9.59 Å². The van der Waals surface area contributed by atoms with Crippen molar-refractivity contribution in [2.24, 2.45) is 5.92 Å². The molecule has 6 heteroatoms. The maximum atomic E-state index is 12.2. The van der Waals surface area contributed by atoms with E-state index in [4.69, 9.17) is 0 Å². The van der Waals surface area contributed by atoms with Crippen LogP contribution in [0.3, 0.4) is 0 Å². The Balaban J connectivity index is 1.80. The Kier molecular flexibility index (Phi) is 4.10. The molecule has 1 atom stereocenters. The highest BCUT2D eigenvalue weighted by atomic mass is 16.3. The van der Waals surface area contributed by atoms with Crippen molar-refractivity contribution in [3.63, 3.8) is 0 Å². The van der Waals surface area contributed by atoms with Crippen molar-refractivity contribution in [2.75, 3.05) is 39.3 Å². The fourth-order valence-corrected chi connectivity index (χ4v) is 2.71. The molecule has 0 radical (unpaired) electrons. The largest absolute Gasteiger partial charge is 0.389 e. The van der Waals surface area contributed by atoms with E-state index in [2.05, 4.69) is 10.2 Å². The summed E-state index contributed by atoms with van der Waals surface area (Å²) in [4.78, 5) is 27.3. The zero-order valence-corrected chi connectivity index (χ0v) is 11.7. The standard InChI is InChI=1S/C13H23N3O3/c1-13(2,19)9-15-3-5-16(6-4-15)12(18)10-7-11(17)14-8-10/h10,19H,3-9H2,1-2H3,(H,14,17). The summed E-state index contributed by atoms with van der Waals surface area (Å²) in [6.45, 7) is 7.60. The molecular formula is C13H23N3O3. The van der Waals surface area contributed by atoms with Gasteiger partial charge in [-0.2, -0.15) is 0 Å². The predicted octanol–water partition coefficient (Wildman–Crippen LogP) is -0.962. The minimum absolute atomic E-state index is 0.0287. The Bertz CT molecular complexity index is 357. The highest BCUT2D eigenvalue weighted by Crippen LogP contribution is 2.15. The summed E-state index contributed by atoms with van der Waals surface area (Å²) in [6.07, 6.45) is 0.322. The minimum Gasteiger partial charge on any atom is -0.389 e. The lowest BCUT2D eigenvalue weighted by molar-refractivity contribution is -0.137. The van der Waals surface area contributed by atoms with Crippen LogP contribution in [0.2, 0.25) is 0 Å². The van der Waals surface area contributed by atoms with Crippen LogP contribution in [0.5, 0.6) is 0 Å². The van der Waals surface area contributed by atoms with E-state index in [1.165, 1.54) is 0 Å². The van der Waals surface area contributed by atoms with Crippen molar-refractivity contribution in [1.82, 2.24) is 15.1 Å². The molecule has 0 aromatic rings. The number of nitrogens with one attached hydrogen (secondary N) is 1. The summed E-state index contributed by atoms with van der Waals surface area (Å²) < 4.78 is 0. The van der Waals surface area contributed by atoms with E-state index in [0.717, 1.165) is 13.1 Å². The van der Waals surface area contributed by atoms with Gasteiger partial charge in [0.1, 0.15) is 0 Å². The number of β-amino-alcohol motifs (C(OH)–C–C–N with tert-alkyl or cyclic N) is 1. The minimum atomic E-state index is -0.700. The normalized spacial score (nSPS) is 25.5. The molecule has 2 heterocycles. The quantitative estimate of drug-likeness (QED) is 0.692. The van der Waals surface area contributed by atoms with Gasteiger partial charge < -0.3 is 15.3 Å². The number of carbonyl (C=O) groups is 2. The lowest BCUT2D eigenvalue weighted by atomic mass is 10.1. The van der Waals surface area contributed by atoms with Gasteiger partial charge in [0.25, 0.3) is 0 Å². The number of amides is 2. The van der Waals surface area contributed by atoms with Gasteiger partial charge in [0.15, 0.2) is 0 Å². The molecule has 2 aliphatic rings. The molecule has 2 amide bonds. The molecule has 2 saturated heterocycles. The Hall–Kier alpha value is -1.14. The first-order valence-corrected chi connectivity index (χ1v) is 6.85. The Morgan fingerprint density at radius 2 is 2.00 bits per heavy atom. The fourth-order valence-electron chi connectivity index (χ4n) is 2.71. The lowest BCUT2D eigenvalue weighted by Crippen LogP contribution is -2.53. The van der Waals surface area contributed by atoms with Crippen molar-refractivity contribution in [2.45, 2.75) is 25.9 Å². The zero-order chi connectivity index (χ0) is 14.0. The smallest absolute Gasteiger partial charge is 0.228 e. The van der Waals surface area contributed by atoms with Crippen LogP contribution in [0.1, 0.15) is 20.3 Å². The van der Waals surface area contributed by atoms with Gasteiger partial charge in [0, 0.05) is 45.7 Å². The van der Waals surface area contributed by atoms with Crippen LogP contribution in [0, 0.1) is 5.92 Å². The topological polar surface area (TPSA) is 72.9 Å². The molecule has 0 spiro atoms. The SMILES string of the molecule is CC(C)(O)CN1CCN(C(=O)C2CNC(=O)C2)CC1. The number of piperazine rings is 1. The molecule has 2 N–H and O–H groups in total. The Morgan fingerprint density at radius 3 is 2.47 bits per heavy atom. The number of carbonyl (C=O) groups excluding carboxylic acids is 2. The van der Waals surface area contributed by atoms with Crippen LogP contribution >= 0.6 is 0 Å². The van der Waals surface area contributed by atoms with E-state index in [1.54, 1.807) is 13.8 Å². The Morgan fingerprint density at radius 1 is 1.37 bits per heavy atom. The third-order valence-corrected chi connectivity index (χ3v) is 3.62. The molecule has 0 bridgehead atoms. The third kappa shape index (κ3) is 3.91. The van der Waals surface area contributed by atoms with E-state index in [-0.39, 0.29) is 17.7 Å². The van der Waals surface area contributed by atoms with E-state index >= 15 is 0 Å². The molecule has 2 fully saturated rings. The van der Waals surface area contributed by atoms with Crippen molar-refractivity contribution in [1.29, 1.82) is 0 Å². The second kappa shape index (κ2) is 5.46. The summed E-state index contributed by atoms with van der Waals surface area (Å²) >= 11 is 0. The van der Waals surface area contributed by atoms with E-state index < -0.39 is 5.60 Å². The average Bonchev–Trinajstić information content (AvgIpc) is 2.74. The van der Waals surface area contributed by atoms with Crippen LogP contribution < -0.4 is 5.32 Å². The first-order valence-electron chi connectivity index (χ1n) is 6.85. The van der Waals surface area contributed by atoms with Crippen LogP contribution in [0.4, 0.5) is 0 Å². The Labute approximate surface area is 113 Å². The summed E-state index contributed by atoms with van der Waals surface area (Å²) in [5, 5.41) is 12.5. The summed E-state index contributed by atoms with van der Waals surface area (Å²) in [7, 11) is 0. The van der Waals surface area contributed by atoms with Gasteiger partial charge in [-0.05, 0) is 13.8 Å². The predicted molar refractivity (Wildman–Crippen MR) is 70.4 cm³/mol. The number of nitrogens with zero attached hydrogens (tertiary/aromatic N) is 2. The van der Waals surface area contributed by atoms with Gasteiger partial charge in [-0.3, -0.25) is 14.5 Å². The van der Waals surface area contributed by atoms with Crippen LogP contribution in [0.25, 0.3) is 0 Å². The molecule has 0 aromatic carbocycles. The van der Waals surface area contributed by atoms with Crippen molar-refractivity contribution in [3.8, 4) is 0 Å². The van der Waals surface area contributed by atoms with Gasteiger partial charge in [0.2, 0.25) is 11.8 Å². The van der Waals surface area contributed by atoms with Gasteiger partial charge in [-0.1, -0.05) is 0 Å². The highest BCUT2D eigenvalue weighted by molar-refractivity contribution is 5.89. The monoisotopic (exact) mass is 269 g/mol. The molecule has 19 heavy (non-hydrogen) atoms. The third-order valence-electron chi connectivity index (χ3n) is 3.62. The average molecular weight is 269 g/mol. The van der Waals surface area contributed by atoms with Crippen molar-refractivity contribution >= 4 is 11.8 Å². The summed E-state index contributed by atoms with van der Waals surface area (Å²) in [5.41, 5.74) is -0.700. The van der Waals surface area contributed by atoms with Crippen molar-refractivity contribution < 1.29 is 14.7 Å². The van der Waals surface area contributed by atoms with E-state index in [0.29, 0.717) is 32.6 Å². The maximum absolute atomic E-state index is 12.2. The zero-order valence-electron chi connectivity index (χ0n) is 11.7. The second-order valence-electron chi connectivity index (χ2n) is 6.12. The van der Waals surface area contributed by atoms with E-state index in [1.807, 2.05) is 4.90 Å². The van der Waals surface area contributed by atoms with Gasteiger partial charge >= 0.3 is 0 Å². The summed E-state index contributed by atoms with van der Waals surface area (Å²) in [5.74, 6) is -0.131. The van der Waals surface area contributed by atoms with Gasteiger partial charge in [0.05, 0.1) is 11.5 Å². The number of rotatable bonds is 3. The van der Waals surface area contributed by atoms with Crippen LogP contribution in [-0.4, -0.2) is 71.6 Å². The van der Waals surface area contributed by atoms with E-state index in [9.17, 15) is 14.7 Å². The first kappa shape index (κ1) is 14.3. The molecule has 2 aliphatic heterocycles. The molecule has 1 unspecified atom stereocenters. The maximum Gasteiger partial charge on any atom is 0.228 e. The second-order valence-corrected chi connectivity index (χ2v) is 6.12. The molecular weight excluding hydrogens is 246 g/mol. The molecule has 108 valence electrons. The molecule has 0 aliphatic carbocycles. The molecule has 0 saturated carbocycles. The fraction of sp³-hybridized carbons (Fsp3) is 0.846. The number of aliphatic hydroxyl groups is 1. The van der Waals surface area contributed by atoms with Crippen LogP contribution in [0.15, 0.2) is 0 Å². The summed E-state index contributed by atoms with van der Waals surface area (Å²) in [6, 6.07) is 0.